The van der Waals surface area contributed by atoms with Gasteiger partial charge in [0.2, 0.25) is 5.88 Å². The molecular weight excluding hydrogens is 240 g/mol. The summed E-state index contributed by atoms with van der Waals surface area (Å²) in [5, 5.41) is 3.51. The van der Waals surface area contributed by atoms with E-state index in [0.717, 1.165) is 18.5 Å². The van der Waals surface area contributed by atoms with Gasteiger partial charge in [-0.05, 0) is 31.9 Å². The van der Waals surface area contributed by atoms with Crippen molar-refractivity contribution in [2.24, 2.45) is 0 Å². The first-order valence-corrected chi connectivity index (χ1v) is 6.86. The summed E-state index contributed by atoms with van der Waals surface area (Å²) in [4.78, 5) is 12.7. The molecule has 0 saturated carbocycles. The van der Waals surface area contributed by atoms with Gasteiger partial charge in [-0.15, -0.1) is 0 Å². The Morgan fingerprint density at radius 1 is 1.21 bits per heavy atom. The molecule has 5 nitrogen and oxygen atoms in total. The van der Waals surface area contributed by atoms with Crippen LogP contribution in [0.3, 0.4) is 0 Å². The van der Waals surface area contributed by atoms with Crippen LogP contribution in [0.2, 0.25) is 0 Å². The van der Waals surface area contributed by atoms with E-state index in [1.807, 2.05) is 12.1 Å². The zero-order valence-corrected chi connectivity index (χ0v) is 10.9. The lowest BCUT2D eigenvalue weighted by Crippen LogP contribution is -2.35. The summed E-state index contributed by atoms with van der Waals surface area (Å²) < 4.78 is 5.70. The molecular formula is C14H18N4O. The van der Waals surface area contributed by atoms with Crippen LogP contribution >= 0.6 is 0 Å². The number of nitrogens with one attached hydrogen (secondary N) is 1. The van der Waals surface area contributed by atoms with Gasteiger partial charge >= 0.3 is 0 Å². The minimum absolute atomic E-state index is 0.592. The molecule has 1 atom stereocenters. The van der Waals surface area contributed by atoms with Crippen LogP contribution in [0.4, 0.5) is 0 Å². The second-order valence-corrected chi connectivity index (χ2v) is 4.83. The summed E-state index contributed by atoms with van der Waals surface area (Å²) in [5.74, 6) is 0.629. The van der Waals surface area contributed by atoms with Gasteiger partial charge in [0.25, 0.3) is 0 Å². The number of piperidine rings is 1. The monoisotopic (exact) mass is 258 g/mol. The molecule has 3 heterocycles. The lowest BCUT2D eigenvalue weighted by atomic mass is 10.0. The summed E-state index contributed by atoms with van der Waals surface area (Å²) in [7, 11) is 0. The molecule has 3 rings (SSSR count). The standard InChI is InChI=1S/C14H18N4O/c1-2-7-15-11(3-1)6-10-19-13-5-4-12-14(18-13)17-9-8-16-12/h4-5,8-9,11,15H,1-3,6-7,10H2. The number of hydrogen-bond acceptors (Lipinski definition) is 5. The molecule has 1 unspecified atom stereocenters. The van der Waals surface area contributed by atoms with Crippen LogP contribution < -0.4 is 10.1 Å². The highest BCUT2D eigenvalue weighted by molar-refractivity contribution is 5.69. The van der Waals surface area contributed by atoms with E-state index in [1.54, 1.807) is 12.4 Å². The van der Waals surface area contributed by atoms with E-state index in [0.29, 0.717) is 24.2 Å². The average molecular weight is 258 g/mol. The van der Waals surface area contributed by atoms with Crippen LogP contribution in [-0.4, -0.2) is 34.1 Å². The molecule has 0 spiro atoms. The van der Waals surface area contributed by atoms with E-state index >= 15 is 0 Å². The predicted octanol–water partition coefficient (Wildman–Crippen LogP) is 1.94. The summed E-state index contributed by atoms with van der Waals surface area (Å²) in [6.45, 7) is 1.82. The molecule has 19 heavy (non-hydrogen) atoms. The zero-order chi connectivity index (χ0) is 12.9. The second kappa shape index (κ2) is 5.93. The third-order valence-corrected chi connectivity index (χ3v) is 3.43. The van der Waals surface area contributed by atoms with E-state index in [4.69, 9.17) is 4.74 Å². The highest BCUT2D eigenvalue weighted by Crippen LogP contribution is 2.14. The molecule has 1 aliphatic heterocycles. The number of rotatable bonds is 4. The fourth-order valence-electron chi connectivity index (χ4n) is 2.39. The van der Waals surface area contributed by atoms with Crippen LogP contribution in [0, 0.1) is 0 Å². The van der Waals surface area contributed by atoms with Crippen molar-refractivity contribution in [1.82, 2.24) is 20.3 Å². The van der Waals surface area contributed by atoms with Gasteiger partial charge in [-0.1, -0.05) is 6.42 Å². The summed E-state index contributed by atoms with van der Waals surface area (Å²) in [5.41, 5.74) is 1.43. The molecule has 0 bridgehead atoms. The van der Waals surface area contributed by atoms with Gasteiger partial charge < -0.3 is 10.1 Å². The molecule has 2 aromatic heterocycles. The molecule has 0 aromatic carbocycles. The predicted molar refractivity (Wildman–Crippen MR) is 73.1 cm³/mol. The minimum atomic E-state index is 0.592. The van der Waals surface area contributed by atoms with E-state index < -0.39 is 0 Å². The highest BCUT2D eigenvalue weighted by Gasteiger charge is 2.12. The number of aromatic nitrogens is 3. The van der Waals surface area contributed by atoms with Gasteiger partial charge in [0, 0.05) is 24.5 Å². The summed E-state index contributed by atoms with van der Waals surface area (Å²) in [6, 6.07) is 4.34. The SMILES string of the molecule is c1cnc2nc(OCCC3CCCCN3)ccc2n1. The number of pyridine rings is 1. The molecule has 1 aliphatic rings. The summed E-state index contributed by atoms with van der Waals surface area (Å²) >= 11 is 0. The Balaban J connectivity index is 1.56. The molecule has 0 amide bonds. The Kier molecular flexibility index (Phi) is 3.83. The van der Waals surface area contributed by atoms with Crippen LogP contribution in [0.1, 0.15) is 25.7 Å². The van der Waals surface area contributed by atoms with Gasteiger partial charge in [-0.25, -0.2) is 4.98 Å². The smallest absolute Gasteiger partial charge is 0.215 e. The topological polar surface area (TPSA) is 59.9 Å². The number of fused-ring (bicyclic) bond motifs is 1. The van der Waals surface area contributed by atoms with E-state index in [-0.39, 0.29) is 0 Å². The third-order valence-electron chi connectivity index (χ3n) is 3.43. The fourth-order valence-corrected chi connectivity index (χ4v) is 2.39. The minimum Gasteiger partial charge on any atom is -0.478 e. The quantitative estimate of drug-likeness (QED) is 0.908. The van der Waals surface area contributed by atoms with Crippen LogP contribution in [0.15, 0.2) is 24.5 Å². The Hall–Kier alpha value is -1.75. The fraction of sp³-hybridized carbons (Fsp3) is 0.500. The molecule has 5 heteroatoms. The zero-order valence-electron chi connectivity index (χ0n) is 10.9. The van der Waals surface area contributed by atoms with Crippen molar-refractivity contribution in [2.45, 2.75) is 31.7 Å². The van der Waals surface area contributed by atoms with E-state index in [9.17, 15) is 0 Å². The third kappa shape index (κ3) is 3.17. The molecule has 0 aliphatic carbocycles. The molecule has 1 fully saturated rings. The van der Waals surface area contributed by atoms with Gasteiger partial charge in [0.05, 0.1) is 6.61 Å². The number of nitrogens with zero attached hydrogens (tertiary/aromatic N) is 3. The van der Waals surface area contributed by atoms with Gasteiger partial charge in [0.15, 0.2) is 5.65 Å². The maximum absolute atomic E-state index is 5.70. The first kappa shape index (κ1) is 12.3. The Morgan fingerprint density at radius 3 is 3.05 bits per heavy atom. The van der Waals surface area contributed by atoms with Crippen LogP contribution in [-0.2, 0) is 0 Å². The summed E-state index contributed by atoms with van der Waals surface area (Å²) in [6.07, 6.45) is 8.20. The Morgan fingerprint density at radius 2 is 2.16 bits per heavy atom. The lowest BCUT2D eigenvalue weighted by molar-refractivity contribution is 0.261. The molecule has 2 aromatic rings. The van der Waals surface area contributed by atoms with Crippen molar-refractivity contribution >= 4 is 11.2 Å². The van der Waals surface area contributed by atoms with Crippen molar-refractivity contribution in [1.29, 1.82) is 0 Å². The molecule has 1 saturated heterocycles. The van der Waals surface area contributed by atoms with Crippen molar-refractivity contribution in [3.63, 3.8) is 0 Å². The van der Waals surface area contributed by atoms with Gasteiger partial charge in [-0.3, -0.25) is 4.98 Å². The van der Waals surface area contributed by atoms with E-state index in [2.05, 4.69) is 20.3 Å². The average Bonchev–Trinajstić information content (AvgIpc) is 2.48. The Labute approximate surface area is 112 Å². The number of hydrogen-bond donors (Lipinski definition) is 1. The first-order chi connectivity index (χ1) is 9.42. The maximum Gasteiger partial charge on any atom is 0.215 e. The Bertz CT molecular complexity index is 540. The van der Waals surface area contributed by atoms with Crippen molar-refractivity contribution in [3.05, 3.63) is 24.5 Å². The molecule has 100 valence electrons. The van der Waals surface area contributed by atoms with Crippen LogP contribution in [0.5, 0.6) is 5.88 Å². The largest absolute Gasteiger partial charge is 0.478 e. The van der Waals surface area contributed by atoms with Crippen LogP contribution in [0.25, 0.3) is 11.2 Å². The maximum atomic E-state index is 5.70. The van der Waals surface area contributed by atoms with E-state index in [1.165, 1.54) is 19.3 Å². The first-order valence-electron chi connectivity index (χ1n) is 6.86. The molecule has 1 N–H and O–H groups in total. The van der Waals surface area contributed by atoms with Crippen molar-refractivity contribution in [3.8, 4) is 5.88 Å². The lowest BCUT2D eigenvalue weighted by Gasteiger charge is -2.23. The number of ether oxygens (including phenoxy) is 1. The highest BCUT2D eigenvalue weighted by atomic mass is 16.5. The van der Waals surface area contributed by atoms with Crippen molar-refractivity contribution < 1.29 is 4.74 Å². The van der Waals surface area contributed by atoms with Gasteiger partial charge in [-0.2, -0.15) is 4.98 Å². The van der Waals surface area contributed by atoms with Crippen molar-refractivity contribution in [2.75, 3.05) is 13.2 Å². The van der Waals surface area contributed by atoms with Gasteiger partial charge in [0.1, 0.15) is 5.52 Å². The molecule has 0 radical (unpaired) electrons. The second-order valence-electron chi connectivity index (χ2n) is 4.83. The normalized spacial score (nSPS) is 19.5.